The van der Waals surface area contributed by atoms with E-state index >= 15 is 0 Å². The van der Waals surface area contributed by atoms with Gasteiger partial charge in [-0.05, 0) is 24.3 Å². The van der Waals surface area contributed by atoms with Gasteiger partial charge < -0.3 is 19.3 Å². The standard InChI is InChI=1S/C16H12N2O4/c19-16(8-12-11-3-1-2-4-13(11)22-18-12)17-10-5-6-14-15(7-10)21-9-20-14/h1-7H,8-9H2,(H,17,19). The number of anilines is 1. The van der Waals surface area contributed by atoms with E-state index in [2.05, 4.69) is 10.5 Å². The molecule has 1 N–H and O–H groups in total. The van der Waals surface area contributed by atoms with Crippen LogP contribution in [0.1, 0.15) is 5.69 Å². The highest BCUT2D eigenvalue weighted by molar-refractivity contribution is 5.94. The monoisotopic (exact) mass is 296 g/mol. The minimum atomic E-state index is -0.169. The van der Waals surface area contributed by atoms with Crippen LogP contribution in [0.4, 0.5) is 5.69 Å². The normalized spacial score (nSPS) is 12.5. The predicted octanol–water partition coefficient (Wildman–Crippen LogP) is 2.74. The quantitative estimate of drug-likeness (QED) is 0.804. The summed E-state index contributed by atoms with van der Waals surface area (Å²) in [6, 6.07) is 12.7. The summed E-state index contributed by atoms with van der Waals surface area (Å²) in [6.45, 7) is 0.206. The average molecular weight is 296 g/mol. The molecule has 0 unspecified atom stereocenters. The highest BCUT2D eigenvalue weighted by Gasteiger charge is 2.15. The molecule has 3 aromatic rings. The van der Waals surface area contributed by atoms with Crippen molar-refractivity contribution in [1.29, 1.82) is 0 Å². The van der Waals surface area contributed by atoms with Gasteiger partial charge in [0.1, 0.15) is 5.69 Å². The molecule has 110 valence electrons. The van der Waals surface area contributed by atoms with Crippen LogP contribution in [0.2, 0.25) is 0 Å². The van der Waals surface area contributed by atoms with Crippen molar-refractivity contribution in [2.45, 2.75) is 6.42 Å². The number of hydrogen-bond acceptors (Lipinski definition) is 5. The van der Waals surface area contributed by atoms with Gasteiger partial charge in [0.15, 0.2) is 17.1 Å². The van der Waals surface area contributed by atoms with E-state index in [0.717, 1.165) is 5.39 Å². The number of benzene rings is 2. The van der Waals surface area contributed by atoms with Gasteiger partial charge in [-0.3, -0.25) is 4.79 Å². The number of nitrogens with one attached hydrogen (secondary N) is 1. The van der Waals surface area contributed by atoms with E-state index in [4.69, 9.17) is 14.0 Å². The summed E-state index contributed by atoms with van der Waals surface area (Å²) in [6.07, 6.45) is 0.144. The van der Waals surface area contributed by atoms with Crippen molar-refractivity contribution < 1.29 is 18.8 Å². The molecule has 0 aliphatic carbocycles. The molecule has 0 fully saturated rings. The number of aromatic nitrogens is 1. The topological polar surface area (TPSA) is 73.6 Å². The molecule has 0 spiro atoms. The van der Waals surface area contributed by atoms with Crippen LogP contribution < -0.4 is 14.8 Å². The summed E-state index contributed by atoms with van der Waals surface area (Å²) in [7, 11) is 0. The Morgan fingerprint density at radius 3 is 2.95 bits per heavy atom. The van der Waals surface area contributed by atoms with E-state index in [1.807, 2.05) is 24.3 Å². The van der Waals surface area contributed by atoms with Gasteiger partial charge in [-0.15, -0.1) is 0 Å². The van der Waals surface area contributed by atoms with Crippen molar-refractivity contribution in [2.75, 3.05) is 12.1 Å². The Balaban J connectivity index is 1.51. The smallest absolute Gasteiger partial charge is 0.231 e. The first-order chi connectivity index (χ1) is 10.8. The summed E-state index contributed by atoms with van der Waals surface area (Å²) in [5, 5.41) is 7.62. The number of ether oxygens (including phenoxy) is 2. The molecule has 0 atom stereocenters. The maximum absolute atomic E-state index is 12.2. The van der Waals surface area contributed by atoms with E-state index in [1.54, 1.807) is 18.2 Å². The van der Waals surface area contributed by atoms with Gasteiger partial charge in [-0.2, -0.15) is 0 Å². The molecule has 1 aromatic heterocycles. The van der Waals surface area contributed by atoms with Crippen LogP contribution in [0.25, 0.3) is 11.0 Å². The summed E-state index contributed by atoms with van der Waals surface area (Å²) < 4.78 is 15.7. The second-order valence-corrected chi connectivity index (χ2v) is 4.92. The summed E-state index contributed by atoms with van der Waals surface area (Å²) in [5.74, 6) is 1.14. The fourth-order valence-electron chi connectivity index (χ4n) is 2.40. The lowest BCUT2D eigenvalue weighted by Gasteiger charge is -2.05. The molecule has 2 heterocycles. The van der Waals surface area contributed by atoms with Crippen LogP contribution in [-0.2, 0) is 11.2 Å². The molecule has 6 heteroatoms. The van der Waals surface area contributed by atoms with Crippen LogP contribution in [0.3, 0.4) is 0 Å². The van der Waals surface area contributed by atoms with Crippen molar-refractivity contribution >= 4 is 22.6 Å². The summed E-state index contributed by atoms with van der Waals surface area (Å²) >= 11 is 0. The zero-order valence-corrected chi connectivity index (χ0v) is 11.5. The first kappa shape index (κ1) is 12.7. The number of carbonyl (C=O) groups is 1. The summed E-state index contributed by atoms with van der Waals surface area (Å²) in [4.78, 5) is 12.2. The van der Waals surface area contributed by atoms with E-state index < -0.39 is 0 Å². The summed E-state index contributed by atoms with van der Waals surface area (Å²) in [5.41, 5.74) is 1.95. The highest BCUT2D eigenvalue weighted by Crippen LogP contribution is 2.34. The molecule has 6 nitrogen and oxygen atoms in total. The molecular weight excluding hydrogens is 284 g/mol. The first-order valence-electron chi connectivity index (χ1n) is 6.82. The predicted molar refractivity (Wildman–Crippen MR) is 78.9 cm³/mol. The molecule has 1 aliphatic rings. The second kappa shape index (κ2) is 5.07. The number of hydrogen-bond donors (Lipinski definition) is 1. The fourth-order valence-corrected chi connectivity index (χ4v) is 2.40. The maximum atomic E-state index is 12.2. The van der Waals surface area contributed by atoms with Gasteiger partial charge in [0.2, 0.25) is 12.7 Å². The fraction of sp³-hybridized carbons (Fsp3) is 0.125. The van der Waals surface area contributed by atoms with Gasteiger partial charge in [0, 0.05) is 17.1 Å². The molecule has 1 aliphatic heterocycles. The Hall–Kier alpha value is -3.02. The van der Waals surface area contributed by atoms with Crippen LogP contribution in [-0.4, -0.2) is 17.9 Å². The van der Waals surface area contributed by atoms with Crippen LogP contribution in [0, 0.1) is 0 Å². The Kier molecular flexibility index (Phi) is 2.93. The van der Waals surface area contributed by atoms with Crippen molar-refractivity contribution in [3.63, 3.8) is 0 Å². The van der Waals surface area contributed by atoms with Gasteiger partial charge in [-0.1, -0.05) is 17.3 Å². The molecular formula is C16H12N2O4. The van der Waals surface area contributed by atoms with Crippen LogP contribution >= 0.6 is 0 Å². The Morgan fingerprint density at radius 2 is 2.00 bits per heavy atom. The largest absolute Gasteiger partial charge is 0.454 e. The van der Waals surface area contributed by atoms with Gasteiger partial charge in [-0.25, -0.2) is 0 Å². The Morgan fingerprint density at radius 1 is 1.14 bits per heavy atom. The van der Waals surface area contributed by atoms with Gasteiger partial charge in [0.25, 0.3) is 0 Å². The highest BCUT2D eigenvalue weighted by atomic mass is 16.7. The van der Waals surface area contributed by atoms with Crippen molar-refractivity contribution in [3.8, 4) is 11.5 Å². The van der Waals surface area contributed by atoms with Gasteiger partial charge in [0.05, 0.1) is 6.42 Å². The molecule has 0 saturated heterocycles. The van der Waals surface area contributed by atoms with Crippen molar-refractivity contribution in [2.24, 2.45) is 0 Å². The van der Waals surface area contributed by atoms with Crippen LogP contribution in [0.15, 0.2) is 47.0 Å². The van der Waals surface area contributed by atoms with E-state index in [1.165, 1.54) is 0 Å². The molecule has 4 rings (SSSR count). The maximum Gasteiger partial charge on any atom is 0.231 e. The molecule has 1 amide bonds. The lowest BCUT2D eigenvalue weighted by Crippen LogP contribution is -2.14. The third-order valence-electron chi connectivity index (χ3n) is 3.44. The molecule has 0 bridgehead atoms. The SMILES string of the molecule is O=C(Cc1noc2ccccc12)Nc1ccc2c(c1)OCO2. The van der Waals surface area contributed by atoms with Gasteiger partial charge >= 0.3 is 0 Å². The van der Waals surface area contributed by atoms with Crippen LogP contribution in [0.5, 0.6) is 11.5 Å². The molecule has 2 aromatic carbocycles. The lowest BCUT2D eigenvalue weighted by atomic mass is 10.1. The minimum Gasteiger partial charge on any atom is -0.454 e. The Labute approximate surface area is 125 Å². The number of carbonyl (C=O) groups excluding carboxylic acids is 1. The van der Waals surface area contributed by atoms with E-state index in [-0.39, 0.29) is 19.1 Å². The third kappa shape index (κ3) is 2.24. The van der Waals surface area contributed by atoms with E-state index in [9.17, 15) is 4.79 Å². The van der Waals surface area contributed by atoms with E-state index in [0.29, 0.717) is 28.5 Å². The number of amides is 1. The zero-order valence-electron chi connectivity index (χ0n) is 11.5. The number of nitrogens with zero attached hydrogens (tertiary/aromatic N) is 1. The molecule has 0 radical (unpaired) electrons. The molecule has 22 heavy (non-hydrogen) atoms. The lowest BCUT2D eigenvalue weighted by molar-refractivity contribution is -0.115. The van der Waals surface area contributed by atoms with Crippen molar-refractivity contribution in [3.05, 3.63) is 48.2 Å². The average Bonchev–Trinajstić information content (AvgIpc) is 3.14. The number of fused-ring (bicyclic) bond motifs is 2. The zero-order chi connectivity index (χ0) is 14.9. The number of para-hydroxylation sites is 1. The van der Waals surface area contributed by atoms with Crippen molar-refractivity contribution in [1.82, 2.24) is 5.16 Å². The Bertz CT molecular complexity index is 856. The third-order valence-corrected chi connectivity index (χ3v) is 3.44. The molecule has 0 saturated carbocycles. The first-order valence-corrected chi connectivity index (χ1v) is 6.82. The second-order valence-electron chi connectivity index (χ2n) is 4.92. The number of rotatable bonds is 3. The minimum absolute atomic E-state index is 0.144.